The van der Waals surface area contributed by atoms with Crippen molar-refractivity contribution in [2.24, 2.45) is 0 Å². The molecule has 1 heterocycles. The van der Waals surface area contributed by atoms with Crippen molar-refractivity contribution in [3.05, 3.63) is 50.9 Å². The van der Waals surface area contributed by atoms with Crippen molar-refractivity contribution in [3.63, 3.8) is 0 Å². The minimum absolute atomic E-state index is 0.244. The first-order valence-corrected chi connectivity index (χ1v) is 7.61. The molecule has 2 nitrogen and oxygen atoms in total. The van der Waals surface area contributed by atoms with Gasteiger partial charge in [0.25, 0.3) is 0 Å². The lowest BCUT2D eigenvalue weighted by Crippen LogP contribution is -2.23. The van der Waals surface area contributed by atoms with Gasteiger partial charge >= 0.3 is 0 Å². The number of likely N-dealkylation sites (N-methyl/N-ethyl adjacent to an activating group) is 1. The Morgan fingerprint density at radius 2 is 2.00 bits per heavy atom. The van der Waals surface area contributed by atoms with Crippen molar-refractivity contribution >= 4 is 27.3 Å². The molecule has 0 aliphatic heterocycles. The maximum absolute atomic E-state index is 12.7. The molecular formula is C14H15BrFNOS. The van der Waals surface area contributed by atoms with Crippen LogP contribution in [0.1, 0.15) is 4.88 Å². The Morgan fingerprint density at radius 1 is 1.26 bits per heavy atom. The van der Waals surface area contributed by atoms with Gasteiger partial charge in [-0.3, -0.25) is 4.90 Å². The summed E-state index contributed by atoms with van der Waals surface area (Å²) in [6, 6.07) is 8.16. The highest BCUT2D eigenvalue weighted by Gasteiger charge is 2.05. The first-order chi connectivity index (χ1) is 9.15. The second-order valence-corrected chi connectivity index (χ2v) is 6.09. The zero-order chi connectivity index (χ0) is 13.7. The third-order valence-electron chi connectivity index (χ3n) is 2.66. The molecule has 0 radical (unpaired) electrons. The van der Waals surface area contributed by atoms with E-state index in [2.05, 4.69) is 39.3 Å². The normalized spacial score (nSPS) is 10.9. The lowest BCUT2D eigenvalue weighted by atomic mass is 10.3. The molecule has 0 aliphatic carbocycles. The summed E-state index contributed by atoms with van der Waals surface area (Å²) in [6.45, 7) is 2.30. The van der Waals surface area contributed by atoms with Crippen molar-refractivity contribution in [1.29, 1.82) is 0 Å². The summed E-state index contributed by atoms with van der Waals surface area (Å²) in [5.74, 6) is 0.458. The average molecular weight is 344 g/mol. The van der Waals surface area contributed by atoms with E-state index in [1.165, 1.54) is 17.0 Å². The largest absolute Gasteiger partial charge is 0.492 e. The van der Waals surface area contributed by atoms with Crippen LogP contribution in [0, 0.1) is 5.82 Å². The summed E-state index contributed by atoms with van der Waals surface area (Å²) in [4.78, 5) is 3.50. The van der Waals surface area contributed by atoms with Crippen LogP contribution < -0.4 is 4.74 Å². The Bertz CT molecular complexity index is 514. The SMILES string of the molecule is CN(CCOc1ccc(F)cc1)Cc1sccc1Br. The van der Waals surface area contributed by atoms with Gasteiger partial charge in [0.2, 0.25) is 0 Å². The van der Waals surface area contributed by atoms with Gasteiger partial charge in [0.15, 0.2) is 0 Å². The molecule has 0 saturated carbocycles. The molecule has 0 bridgehead atoms. The van der Waals surface area contributed by atoms with Gasteiger partial charge in [0.1, 0.15) is 18.2 Å². The Morgan fingerprint density at radius 3 is 2.63 bits per heavy atom. The van der Waals surface area contributed by atoms with E-state index in [1.807, 2.05) is 0 Å². The van der Waals surface area contributed by atoms with Gasteiger partial charge in [0, 0.05) is 22.4 Å². The van der Waals surface area contributed by atoms with E-state index < -0.39 is 0 Å². The van der Waals surface area contributed by atoms with E-state index in [0.717, 1.165) is 17.6 Å². The predicted octanol–water partition coefficient (Wildman–Crippen LogP) is 4.16. The molecule has 0 amide bonds. The number of thiophene rings is 1. The first kappa shape index (κ1) is 14.5. The zero-order valence-corrected chi connectivity index (χ0v) is 13.0. The molecule has 5 heteroatoms. The fraction of sp³-hybridized carbons (Fsp3) is 0.286. The van der Waals surface area contributed by atoms with Crippen LogP contribution in [0.4, 0.5) is 4.39 Å². The summed E-state index contributed by atoms with van der Waals surface area (Å²) in [5.41, 5.74) is 0. The molecule has 0 atom stereocenters. The fourth-order valence-corrected chi connectivity index (χ4v) is 3.17. The summed E-state index contributed by atoms with van der Waals surface area (Å²) in [7, 11) is 2.06. The van der Waals surface area contributed by atoms with E-state index in [9.17, 15) is 4.39 Å². The van der Waals surface area contributed by atoms with Crippen molar-refractivity contribution < 1.29 is 9.13 Å². The minimum Gasteiger partial charge on any atom is -0.492 e. The smallest absolute Gasteiger partial charge is 0.123 e. The first-order valence-electron chi connectivity index (χ1n) is 5.94. The summed E-state index contributed by atoms with van der Waals surface area (Å²) in [5, 5.41) is 2.07. The zero-order valence-electron chi connectivity index (χ0n) is 10.6. The predicted molar refractivity (Wildman–Crippen MR) is 80.2 cm³/mol. The van der Waals surface area contributed by atoms with Gasteiger partial charge < -0.3 is 4.74 Å². The van der Waals surface area contributed by atoms with Crippen LogP contribution in [-0.2, 0) is 6.54 Å². The summed E-state index contributed by atoms with van der Waals surface area (Å²) < 4.78 is 19.4. The maximum atomic E-state index is 12.7. The van der Waals surface area contributed by atoms with Crippen LogP contribution in [0.5, 0.6) is 5.75 Å². The third-order valence-corrected chi connectivity index (χ3v) is 4.57. The number of nitrogens with zero attached hydrogens (tertiary/aromatic N) is 1. The molecule has 19 heavy (non-hydrogen) atoms. The van der Waals surface area contributed by atoms with Crippen LogP contribution in [0.3, 0.4) is 0 Å². The standard InChI is InChI=1S/C14H15BrFNOS/c1-17(10-14-13(15)6-9-19-14)7-8-18-12-4-2-11(16)3-5-12/h2-6,9H,7-8,10H2,1H3. The van der Waals surface area contributed by atoms with E-state index in [4.69, 9.17) is 4.74 Å². The van der Waals surface area contributed by atoms with Crippen molar-refractivity contribution in [3.8, 4) is 5.75 Å². The Hall–Kier alpha value is -0.910. The molecule has 2 rings (SSSR count). The van der Waals surface area contributed by atoms with Crippen LogP contribution in [-0.4, -0.2) is 25.1 Å². The topological polar surface area (TPSA) is 12.5 Å². The molecule has 1 aromatic heterocycles. The lowest BCUT2D eigenvalue weighted by Gasteiger charge is -2.16. The van der Waals surface area contributed by atoms with E-state index in [-0.39, 0.29) is 5.82 Å². The molecule has 2 aromatic rings. The molecule has 0 N–H and O–H groups in total. The highest BCUT2D eigenvalue weighted by molar-refractivity contribution is 9.10. The van der Waals surface area contributed by atoms with Gasteiger partial charge in [-0.25, -0.2) is 4.39 Å². The average Bonchev–Trinajstić information content (AvgIpc) is 2.78. The second kappa shape index (κ2) is 7.03. The number of halogens is 2. The van der Waals surface area contributed by atoms with E-state index in [1.54, 1.807) is 23.5 Å². The quantitative estimate of drug-likeness (QED) is 0.780. The number of ether oxygens (including phenoxy) is 1. The Labute approximate surface area is 124 Å². The molecule has 102 valence electrons. The molecule has 1 aromatic carbocycles. The maximum Gasteiger partial charge on any atom is 0.123 e. The second-order valence-electron chi connectivity index (χ2n) is 4.23. The number of hydrogen-bond donors (Lipinski definition) is 0. The lowest BCUT2D eigenvalue weighted by molar-refractivity contribution is 0.233. The van der Waals surface area contributed by atoms with E-state index in [0.29, 0.717) is 12.4 Å². The molecule has 0 saturated heterocycles. The van der Waals surface area contributed by atoms with Crippen molar-refractivity contribution in [2.75, 3.05) is 20.2 Å². The molecule has 0 fully saturated rings. The highest BCUT2D eigenvalue weighted by atomic mass is 79.9. The van der Waals surface area contributed by atoms with Crippen molar-refractivity contribution in [1.82, 2.24) is 4.90 Å². The number of hydrogen-bond acceptors (Lipinski definition) is 3. The number of rotatable bonds is 6. The highest BCUT2D eigenvalue weighted by Crippen LogP contribution is 2.23. The molecular weight excluding hydrogens is 329 g/mol. The monoisotopic (exact) mass is 343 g/mol. The van der Waals surface area contributed by atoms with Crippen LogP contribution in [0.15, 0.2) is 40.2 Å². The van der Waals surface area contributed by atoms with Crippen LogP contribution in [0.25, 0.3) is 0 Å². The molecule has 0 unspecified atom stereocenters. The summed E-state index contributed by atoms with van der Waals surface area (Å²) in [6.07, 6.45) is 0. The van der Waals surface area contributed by atoms with Crippen LogP contribution >= 0.6 is 27.3 Å². The third kappa shape index (κ3) is 4.60. The summed E-state index contributed by atoms with van der Waals surface area (Å²) >= 11 is 5.26. The Balaban J connectivity index is 1.73. The fourth-order valence-electron chi connectivity index (χ4n) is 1.61. The minimum atomic E-state index is -0.244. The van der Waals surface area contributed by atoms with E-state index >= 15 is 0 Å². The van der Waals surface area contributed by atoms with Gasteiger partial charge in [0.05, 0.1) is 0 Å². The van der Waals surface area contributed by atoms with Gasteiger partial charge in [-0.2, -0.15) is 0 Å². The molecule has 0 spiro atoms. The van der Waals surface area contributed by atoms with Gasteiger partial charge in [-0.1, -0.05) is 0 Å². The number of benzene rings is 1. The van der Waals surface area contributed by atoms with Crippen LogP contribution in [0.2, 0.25) is 0 Å². The van der Waals surface area contributed by atoms with Crippen molar-refractivity contribution in [2.45, 2.75) is 6.54 Å². The van der Waals surface area contributed by atoms with Gasteiger partial charge in [-0.05, 0) is 58.7 Å². The van der Waals surface area contributed by atoms with Gasteiger partial charge in [-0.15, -0.1) is 11.3 Å². The Kier molecular flexibility index (Phi) is 5.36. The molecule has 0 aliphatic rings.